The number of nitrogens with zero attached hydrogens (tertiary/aromatic N) is 3. The minimum atomic E-state index is -0.463. The van der Waals surface area contributed by atoms with Gasteiger partial charge in [-0.25, -0.2) is 0 Å². The highest BCUT2D eigenvalue weighted by molar-refractivity contribution is 6.67. The van der Waals surface area contributed by atoms with Gasteiger partial charge in [0.05, 0.1) is 0 Å². The molecule has 0 heterocycles. The molecule has 0 saturated heterocycles. The molecular weight excluding hydrogens is 552 g/mol. The van der Waals surface area contributed by atoms with Crippen molar-refractivity contribution in [2.75, 3.05) is 78.5 Å². The van der Waals surface area contributed by atoms with E-state index in [-0.39, 0.29) is 17.2 Å². The molecule has 250 valence electrons. The second kappa shape index (κ2) is 30.7. The Morgan fingerprint density at radius 2 is 1.02 bits per heavy atom. The van der Waals surface area contributed by atoms with Gasteiger partial charge in [0.2, 0.25) is 17.1 Å². The van der Waals surface area contributed by atoms with Crippen LogP contribution >= 0.6 is 11.6 Å². The first kappa shape index (κ1) is 47.2. The van der Waals surface area contributed by atoms with Crippen LogP contribution in [0, 0.1) is 5.41 Å². The summed E-state index contributed by atoms with van der Waals surface area (Å²) in [5.74, 6) is 0.115. The number of nitrogens with one attached hydrogen (secondary N) is 2. The van der Waals surface area contributed by atoms with Crippen molar-refractivity contribution in [3.63, 3.8) is 0 Å². The number of allylic oxidation sites excluding steroid dienone is 1. The third kappa shape index (κ3) is 29.7. The molecule has 10 heteroatoms. The normalized spacial score (nSPS) is 10.5. The smallest absolute Gasteiger partial charge is 0.247 e. The molecule has 0 spiro atoms. The maximum atomic E-state index is 11.7. The van der Waals surface area contributed by atoms with Crippen LogP contribution in [0.4, 0.5) is 0 Å². The highest BCUT2D eigenvalue weighted by Crippen LogP contribution is 2.19. The van der Waals surface area contributed by atoms with Gasteiger partial charge in [0.15, 0.2) is 0 Å². The summed E-state index contributed by atoms with van der Waals surface area (Å²) in [4.78, 5) is 39.5. The highest BCUT2D eigenvalue weighted by Gasteiger charge is 2.24. The van der Waals surface area contributed by atoms with Gasteiger partial charge < -0.3 is 31.1 Å². The van der Waals surface area contributed by atoms with Gasteiger partial charge in [-0.3, -0.25) is 14.4 Å². The quantitative estimate of drug-likeness (QED) is 0.153. The Morgan fingerprint density at radius 3 is 1.26 bits per heavy atom. The van der Waals surface area contributed by atoms with Gasteiger partial charge in [0.1, 0.15) is 0 Å². The topological polar surface area (TPSA) is 111 Å². The van der Waals surface area contributed by atoms with E-state index in [1.807, 2.05) is 20.8 Å². The maximum absolute atomic E-state index is 11.7. The summed E-state index contributed by atoms with van der Waals surface area (Å²) in [6.45, 7) is 40.5. The molecule has 42 heavy (non-hydrogen) atoms. The first-order valence-corrected chi connectivity index (χ1v) is 15.9. The van der Waals surface area contributed by atoms with E-state index in [1.54, 1.807) is 13.8 Å². The molecule has 0 aliphatic heterocycles. The van der Waals surface area contributed by atoms with Crippen LogP contribution in [0.15, 0.2) is 24.3 Å². The average Bonchev–Trinajstić information content (AvgIpc) is 2.96. The molecule has 0 aromatic heterocycles. The van der Waals surface area contributed by atoms with Crippen LogP contribution < -0.4 is 16.4 Å². The lowest BCUT2D eigenvalue weighted by atomic mass is 9.89. The van der Waals surface area contributed by atoms with Gasteiger partial charge in [-0.2, -0.15) is 0 Å². The Morgan fingerprint density at radius 1 is 0.690 bits per heavy atom. The van der Waals surface area contributed by atoms with Gasteiger partial charge in [0, 0.05) is 55.8 Å². The minimum absolute atomic E-state index is 0.0489. The average molecular weight is 619 g/mol. The van der Waals surface area contributed by atoms with Crippen molar-refractivity contribution in [2.24, 2.45) is 11.1 Å². The lowest BCUT2D eigenvalue weighted by Crippen LogP contribution is -2.40. The van der Waals surface area contributed by atoms with Gasteiger partial charge in [0.25, 0.3) is 0 Å². The number of hydrogen-bond acceptors (Lipinski definition) is 7. The molecule has 0 radical (unpaired) electrons. The largest absolute Gasteiger partial charge is 0.354 e. The Bertz CT molecular complexity index is 707. The van der Waals surface area contributed by atoms with Crippen LogP contribution in [0.2, 0.25) is 0 Å². The van der Waals surface area contributed by atoms with Crippen molar-refractivity contribution in [1.82, 2.24) is 25.3 Å². The number of amides is 2. The van der Waals surface area contributed by atoms with Crippen LogP contribution in [-0.2, 0) is 14.4 Å². The van der Waals surface area contributed by atoms with Gasteiger partial charge in [-0.15, -0.1) is 0 Å². The van der Waals surface area contributed by atoms with Crippen molar-refractivity contribution in [3.8, 4) is 0 Å². The number of likely N-dealkylation sites (N-methyl/N-ethyl adjacent to an activating group) is 3. The predicted molar refractivity (Wildman–Crippen MR) is 183 cm³/mol. The molecule has 0 aliphatic rings. The molecule has 0 aromatic carbocycles. The van der Waals surface area contributed by atoms with E-state index >= 15 is 0 Å². The lowest BCUT2D eigenvalue weighted by molar-refractivity contribution is -0.129. The molecule has 0 unspecified atom stereocenters. The first-order chi connectivity index (χ1) is 19.6. The van der Waals surface area contributed by atoms with Gasteiger partial charge >= 0.3 is 0 Å². The fourth-order valence-electron chi connectivity index (χ4n) is 3.01. The van der Waals surface area contributed by atoms with E-state index in [9.17, 15) is 14.4 Å². The second-order valence-electron chi connectivity index (χ2n) is 10.5. The van der Waals surface area contributed by atoms with E-state index in [0.717, 1.165) is 78.4 Å². The highest BCUT2D eigenvalue weighted by atomic mass is 35.5. The van der Waals surface area contributed by atoms with Crippen LogP contribution in [0.3, 0.4) is 0 Å². The lowest BCUT2D eigenvalue weighted by Gasteiger charge is -2.23. The van der Waals surface area contributed by atoms with E-state index < -0.39 is 5.24 Å². The Hall–Kier alpha value is -1.78. The van der Waals surface area contributed by atoms with E-state index in [1.165, 1.54) is 0 Å². The number of rotatable bonds is 18. The number of carbonyl (C=O) groups is 3. The summed E-state index contributed by atoms with van der Waals surface area (Å²) in [5, 5.41) is 5.33. The zero-order valence-corrected chi connectivity index (χ0v) is 29.9. The second-order valence-corrected chi connectivity index (χ2v) is 10.8. The third-order valence-electron chi connectivity index (χ3n) is 6.78. The molecule has 2 amide bonds. The van der Waals surface area contributed by atoms with Crippen LogP contribution in [0.5, 0.6) is 0 Å². The third-order valence-corrected chi connectivity index (χ3v) is 7.10. The van der Waals surface area contributed by atoms with Crippen molar-refractivity contribution >= 4 is 28.7 Å². The molecule has 4 N–H and O–H groups in total. The summed E-state index contributed by atoms with van der Waals surface area (Å²) < 4.78 is 0. The SMILES string of the molecule is C=C(C)C(=O)Cl.C=C(C)C(=O)NCCN(CC)CC.CCN(CC)CCN.CCN(CC)CCNC(=O)C(C)(C)CC. The maximum Gasteiger partial charge on any atom is 0.247 e. The van der Waals surface area contributed by atoms with Crippen LogP contribution in [-0.4, -0.2) is 110 Å². The molecule has 0 aliphatic carbocycles. The summed E-state index contributed by atoms with van der Waals surface area (Å²) in [6, 6.07) is 0. The van der Waals surface area contributed by atoms with Gasteiger partial charge in [-0.05, 0) is 71.1 Å². The zero-order valence-electron chi connectivity index (χ0n) is 29.1. The molecule has 9 nitrogen and oxygen atoms in total. The van der Waals surface area contributed by atoms with Crippen molar-refractivity contribution in [3.05, 3.63) is 24.3 Å². The molecule has 0 rings (SSSR count). The summed E-state index contributed by atoms with van der Waals surface area (Å²) >= 11 is 4.87. The minimum Gasteiger partial charge on any atom is -0.354 e. The molecular formula is C32H67ClN6O3. The number of nitrogens with two attached hydrogens (primary N) is 1. The fourth-order valence-corrected chi connectivity index (χ4v) is 3.01. The monoisotopic (exact) mass is 618 g/mol. The molecule has 0 saturated carbocycles. The molecule has 0 aromatic rings. The fraction of sp³-hybridized carbons (Fsp3) is 0.781. The van der Waals surface area contributed by atoms with Crippen LogP contribution in [0.1, 0.15) is 82.6 Å². The van der Waals surface area contributed by atoms with Crippen LogP contribution in [0.25, 0.3) is 0 Å². The number of halogens is 1. The van der Waals surface area contributed by atoms with Gasteiger partial charge in [-0.1, -0.05) is 75.5 Å². The van der Waals surface area contributed by atoms with E-state index in [4.69, 9.17) is 17.3 Å². The molecule has 0 bridgehead atoms. The number of carbonyl (C=O) groups excluding carboxylic acids is 3. The van der Waals surface area contributed by atoms with Crippen molar-refractivity contribution < 1.29 is 14.4 Å². The predicted octanol–water partition coefficient (Wildman–Crippen LogP) is 4.52. The molecule has 0 fully saturated rings. The first-order valence-electron chi connectivity index (χ1n) is 15.5. The summed E-state index contributed by atoms with van der Waals surface area (Å²) in [6.07, 6.45) is 0.879. The zero-order chi connectivity index (χ0) is 33.7. The Balaban J connectivity index is -0.000000243. The molecule has 0 atom stereocenters. The Labute approximate surface area is 264 Å². The standard InChI is InChI=1S/C12H26N2O.C10H20N2O.C6H16N2.C4H5ClO/c1-6-12(4,5)11(15)13-9-10-14(7-2)8-3;1-5-12(6-2)8-7-11-10(13)9(3)4;1-3-8(4-2)6-5-7;1-3(2)4(5)6/h6-10H2,1-5H3,(H,13,15);3,5-8H2,1-2,4H3,(H,11,13);3-7H2,1-2H3;1H2,2H3. The summed E-state index contributed by atoms with van der Waals surface area (Å²) in [5.41, 5.74) is 6.06. The van der Waals surface area contributed by atoms with E-state index in [0.29, 0.717) is 17.7 Å². The Kier molecular flexibility index (Phi) is 34.4. The van der Waals surface area contributed by atoms with E-state index in [2.05, 4.69) is 80.0 Å². The van der Waals surface area contributed by atoms with Crippen molar-refractivity contribution in [2.45, 2.75) is 82.6 Å². The number of hydrogen-bond donors (Lipinski definition) is 3. The summed E-state index contributed by atoms with van der Waals surface area (Å²) in [7, 11) is 0. The van der Waals surface area contributed by atoms with Crippen molar-refractivity contribution in [1.29, 1.82) is 0 Å².